The summed E-state index contributed by atoms with van der Waals surface area (Å²) in [5, 5.41) is 6.44. The number of urea groups is 1. The normalized spacial score (nSPS) is 12.0. The molecule has 0 saturated carbocycles. The van der Waals surface area contributed by atoms with Gasteiger partial charge in [0.2, 0.25) is 0 Å². The van der Waals surface area contributed by atoms with Crippen molar-refractivity contribution >= 4 is 23.3 Å². The first-order chi connectivity index (χ1) is 12.9. The highest BCUT2D eigenvalue weighted by molar-refractivity contribution is 6.30. The van der Waals surface area contributed by atoms with Crippen LogP contribution in [0.1, 0.15) is 37.9 Å². The lowest BCUT2D eigenvalue weighted by molar-refractivity contribution is 0.0143. The highest BCUT2D eigenvalue weighted by Gasteiger charge is 2.10. The molecule has 2 aromatic rings. The summed E-state index contributed by atoms with van der Waals surface area (Å²) in [4.78, 5) is 12.2. The second-order valence-corrected chi connectivity index (χ2v) is 6.98. The third-order valence-electron chi connectivity index (χ3n) is 3.85. The van der Waals surface area contributed by atoms with Crippen molar-refractivity contribution in [1.82, 2.24) is 5.32 Å². The Kier molecular flexibility index (Phi) is 8.58. The van der Waals surface area contributed by atoms with Crippen molar-refractivity contribution in [2.45, 2.75) is 39.5 Å². The molecule has 2 amide bonds. The van der Waals surface area contributed by atoms with E-state index >= 15 is 0 Å². The van der Waals surface area contributed by atoms with Gasteiger partial charge >= 0.3 is 6.03 Å². The third-order valence-corrected chi connectivity index (χ3v) is 4.10. The molecular formula is C21H27ClN2O3. The second-order valence-electron chi connectivity index (χ2n) is 6.54. The van der Waals surface area contributed by atoms with Crippen LogP contribution in [-0.2, 0) is 16.1 Å². The molecule has 0 radical (unpaired) electrons. The number of carbonyl (C=O) groups is 1. The van der Waals surface area contributed by atoms with Crippen LogP contribution in [0.3, 0.4) is 0 Å². The molecule has 0 bridgehead atoms. The number of halogens is 1. The summed E-state index contributed by atoms with van der Waals surface area (Å²) in [5.74, 6) is 0. The van der Waals surface area contributed by atoms with Gasteiger partial charge in [0.25, 0.3) is 0 Å². The lowest BCUT2D eigenvalue weighted by atomic mass is 10.1. The van der Waals surface area contributed by atoms with Crippen molar-refractivity contribution in [1.29, 1.82) is 0 Å². The van der Waals surface area contributed by atoms with E-state index in [0.717, 1.165) is 16.8 Å². The molecule has 0 aromatic heterocycles. The molecule has 2 N–H and O–H groups in total. The summed E-state index contributed by atoms with van der Waals surface area (Å²) in [6.07, 6.45) is 0.204. The van der Waals surface area contributed by atoms with Gasteiger partial charge in [-0.2, -0.15) is 0 Å². The number of rotatable bonds is 9. The van der Waals surface area contributed by atoms with Gasteiger partial charge in [-0.1, -0.05) is 35.9 Å². The summed E-state index contributed by atoms with van der Waals surface area (Å²) in [7, 11) is 0. The fourth-order valence-electron chi connectivity index (χ4n) is 2.47. The Hall–Kier alpha value is -2.08. The smallest absolute Gasteiger partial charge is 0.319 e. The number of hydrogen-bond acceptors (Lipinski definition) is 3. The van der Waals surface area contributed by atoms with E-state index in [-0.39, 0.29) is 18.2 Å². The van der Waals surface area contributed by atoms with Gasteiger partial charge in [0.1, 0.15) is 0 Å². The van der Waals surface area contributed by atoms with Crippen LogP contribution < -0.4 is 10.6 Å². The fourth-order valence-corrected chi connectivity index (χ4v) is 2.60. The lowest BCUT2D eigenvalue weighted by Gasteiger charge is -2.15. The van der Waals surface area contributed by atoms with Crippen LogP contribution in [0.15, 0.2) is 48.5 Å². The van der Waals surface area contributed by atoms with E-state index in [0.29, 0.717) is 24.8 Å². The van der Waals surface area contributed by atoms with E-state index in [1.165, 1.54) is 0 Å². The van der Waals surface area contributed by atoms with E-state index in [9.17, 15) is 4.79 Å². The highest BCUT2D eigenvalue weighted by Crippen LogP contribution is 2.17. The van der Waals surface area contributed by atoms with Crippen LogP contribution in [0.5, 0.6) is 0 Å². The first-order valence-corrected chi connectivity index (χ1v) is 9.43. The van der Waals surface area contributed by atoms with Gasteiger partial charge in [-0.3, -0.25) is 0 Å². The van der Waals surface area contributed by atoms with E-state index < -0.39 is 0 Å². The summed E-state index contributed by atoms with van der Waals surface area (Å²) >= 11 is 5.89. The number of nitrogens with one attached hydrogen (secondary N) is 2. The van der Waals surface area contributed by atoms with Crippen molar-refractivity contribution < 1.29 is 14.3 Å². The Morgan fingerprint density at radius 2 is 1.81 bits per heavy atom. The second kappa shape index (κ2) is 10.9. The van der Waals surface area contributed by atoms with E-state index in [1.54, 1.807) is 0 Å². The van der Waals surface area contributed by atoms with Crippen LogP contribution in [-0.4, -0.2) is 25.3 Å². The standard InChI is InChI=1S/C21H27ClN2O3/c1-15(2)27-12-11-26-14-17-5-4-6-20(13-17)24-21(25)23-16(3)18-7-9-19(22)10-8-18/h4-10,13,15-16H,11-12,14H2,1-3H3,(H2,23,24,25). The largest absolute Gasteiger partial charge is 0.376 e. The van der Waals surface area contributed by atoms with Gasteiger partial charge in [0.05, 0.1) is 32.0 Å². The molecule has 0 aliphatic rings. The molecule has 0 heterocycles. The first-order valence-electron chi connectivity index (χ1n) is 9.05. The maximum atomic E-state index is 12.2. The minimum atomic E-state index is -0.263. The average Bonchev–Trinajstić information content (AvgIpc) is 2.62. The van der Waals surface area contributed by atoms with Crippen molar-refractivity contribution in [3.05, 3.63) is 64.7 Å². The molecule has 0 spiro atoms. The van der Waals surface area contributed by atoms with Crippen LogP contribution in [0.4, 0.5) is 10.5 Å². The molecule has 0 aliphatic carbocycles. The van der Waals surface area contributed by atoms with Gasteiger partial charge in [0.15, 0.2) is 0 Å². The fraction of sp³-hybridized carbons (Fsp3) is 0.381. The SMILES string of the molecule is CC(C)OCCOCc1cccc(NC(=O)NC(C)c2ccc(Cl)cc2)c1. The number of benzene rings is 2. The first kappa shape index (κ1) is 21.2. The Balaban J connectivity index is 1.80. The predicted octanol–water partition coefficient (Wildman–Crippen LogP) is 5.16. The van der Waals surface area contributed by atoms with Gasteiger partial charge < -0.3 is 20.1 Å². The van der Waals surface area contributed by atoms with Gasteiger partial charge in [0, 0.05) is 10.7 Å². The van der Waals surface area contributed by atoms with Gasteiger partial charge in [-0.05, 0) is 56.2 Å². The molecule has 2 aromatic carbocycles. The van der Waals surface area contributed by atoms with E-state index in [4.69, 9.17) is 21.1 Å². The van der Waals surface area contributed by atoms with Crippen LogP contribution in [0.25, 0.3) is 0 Å². The number of anilines is 1. The van der Waals surface area contributed by atoms with Gasteiger partial charge in [-0.15, -0.1) is 0 Å². The zero-order valence-electron chi connectivity index (χ0n) is 16.0. The Morgan fingerprint density at radius 3 is 2.52 bits per heavy atom. The zero-order chi connectivity index (χ0) is 19.6. The summed E-state index contributed by atoms with van der Waals surface area (Å²) < 4.78 is 11.0. The topological polar surface area (TPSA) is 59.6 Å². The number of hydrogen-bond donors (Lipinski definition) is 2. The van der Waals surface area contributed by atoms with Gasteiger partial charge in [-0.25, -0.2) is 4.79 Å². The van der Waals surface area contributed by atoms with Crippen LogP contribution >= 0.6 is 11.6 Å². The summed E-state index contributed by atoms with van der Waals surface area (Å²) in [6, 6.07) is 14.6. The highest BCUT2D eigenvalue weighted by atomic mass is 35.5. The minimum absolute atomic E-state index is 0.130. The number of amides is 2. The average molecular weight is 391 g/mol. The molecule has 0 aliphatic heterocycles. The zero-order valence-corrected chi connectivity index (χ0v) is 16.8. The maximum Gasteiger partial charge on any atom is 0.319 e. The maximum absolute atomic E-state index is 12.2. The molecule has 0 saturated heterocycles. The predicted molar refractivity (Wildman–Crippen MR) is 109 cm³/mol. The van der Waals surface area contributed by atoms with Crippen molar-refractivity contribution in [2.24, 2.45) is 0 Å². The molecule has 1 atom stereocenters. The Morgan fingerprint density at radius 1 is 1.07 bits per heavy atom. The number of carbonyl (C=O) groups excluding carboxylic acids is 1. The third kappa shape index (κ3) is 7.99. The molecule has 27 heavy (non-hydrogen) atoms. The molecule has 6 heteroatoms. The summed E-state index contributed by atoms with van der Waals surface area (Å²) in [5.41, 5.74) is 2.69. The molecule has 5 nitrogen and oxygen atoms in total. The Bertz CT molecular complexity index is 720. The Labute approximate surface area is 166 Å². The van der Waals surface area contributed by atoms with Crippen molar-refractivity contribution in [3.8, 4) is 0 Å². The minimum Gasteiger partial charge on any atom is -0.376 e. The monoisotopic (exact) mass is 390 g/mol. The molecular weight excluding hydrogens is 364 g/mol. The molecule has 146 valence electrons. The van der Waals surface area contributed by atoms with Crippen LogP contribution in [0.2, 0.25) is 5.02 Å². The van der Waals surface area contributed by atoms with Crippen molar-refractivity contribution in [2.75, 3.05) is 18.5 Å². The molecule has 1 unspecified atom stereocenters. The molecule has 2 rings (SSSR count). The molecule has 0 fully saturated rings. The lowest BCUT2D eigenvalue weighted by Crippen LogP contribution is -2.31. The van der Waals surface area contributed by atoms with Crippen molar-refractivity contribution in [3.63, 3.8) is 0 Å². The summed E-state index contributed by atoms with van der Waals surface area (Å²) in [6.45, 7) is 7.49. The quantitative estimate of drug-likeness (QED) is 0.581. The van der Waals surface area contributed by atoms with E-state index in [2.05, 4.69) is 10.6 Å². The number of ether oxygens (including phenoxy) is 2. The van der Waals surface area contributed by atoms with E-state index in [1.807, 2.05) is 69.3 Å². The van der Waals surface area contributed by atoms with Crippen LogP contribution in [0, 0.1) is 0 Å².